The molecular formula is C16H18N4O. The largest absolute Gasteiger partial charge is 0.330 e. The van der Waals surface area contributed by atoms with Crippen LogP contribution in [0.5, 0.6) is 0 Å². The number of carbonyl (C=O) groups is 1. The van der Waals surface area contributed by atoms with Gasteiger partial charge >= 0.3 is 0 Å². The first kappa shape index (κ1) is 12.6. The zero-order valence-corrected chi connectivity index (χ0v) is 12.1. The first-order valence-electron chi connectivity index (χ1n) is 7.36. The summed E-state index contributed by atoms with van der Waals surface area (Å²) in [5.74, 6) is 0.0931. The molecule has 0 atom stereocenters. The molecule has 3 heterocycles. The normalized spacial score (nSPS) is 16.7. The molecule has 1 aromatic heterocycles. The van der Waals surface area contributed by atoms with Gasteiger partial charge in [0.2, 0.25) is 0 Å². The van der Waals surface area contributed by atoms with Crippen LogP contribution in [0.4, 0.5) is 0 Å². The Morgan fingerprint density at radius 3 is 3.10 bits per heavy atom. The smallest absolute Gasteiger partial charge is 0.257 e. The number of nitrogens with one attached hydrogen (secondary N) is 1. The van der Waals surface area contributed by atoms with Gasteiger partial charge in [0.05, 0.1) is 24.0 Å². The predicted molar refractivity (Wildman–Crippen MR) is 78.7 cm³/mol. The molecule has 0 saturated heterocycles. The Balaban J connectivity index is 1.63. The molecule has 21 heavy (non-hydrogen) atoms. The number of hydrogen-bond acceptors (Lipinski definition) is 3. The van der Waals surface area contributed by atoms with Gasteiger partial charge in [-0.1, -0.05) is 18.2 Å². The summed E-state index contributed by atoms with van der Waals surface area (Å²) in [6, 6.07) is 6.29. The van der Waals surface area contributed by atoms with Crippen molar-refractivity contribution >= 4 is 5.91 Å². The van der Waals surface area contributed by atoms with E-state index < -0.39 is 0 Å². The van der Waals surface area contributed by atoms with Crippen molar-refractivity contribution in [1.29, 1.82) is 0 Å². The predicted octanol–water partition coefficient (Wildman–Crippen LogP) is 1.45. The number of aromatic nitrogens is 2. The van der Waals surface area contributed by atoms with Crippen LogP contribution in [0.2, 0.25) is 0 Å². The Morgan fingerprint density at radius 2 is 2.24 bits per heavy atom. The summed E-state index contributed by atoms with van der Waals surface area (Å²) in [5, 5.41) is 7.65. The van der Waals surface area contributed by atoms with Crippen LogP contribution in [0.1, 0.15) is 32.7 Å². The molecule has 1 N–H and O–H groups in total. The van der Waals surface area contributed by atoms with Crippen LogP contribution in [-0.4, -0.2) is 27.1 Å². The molecule has 0 saturated carbocycles. The zero-order chi connectivity index (χ0) is 14.4. The van der Waals surface area contributed by atoms with Crippen LogP contribution in [0.15, 0.2) is 24.4 Å². The van der Waals surface area contributed by atoms with E-state index in [0.29, 0.717) is 13.1 Å². The molecule has 0 fully saturated rings. The van der Waals surface area contributed by atoms with Gasteiger partial charge in [-0.05, 0) is 23.6 Å². The van der Waals surface area contributed by atoms with Gasteiger partial charge in [-0.25, -0.2) is 0 Å². The van der Waals surface area contributed by atoms with E-state index in [1.807, 2.05) is 9.58 Å². The lowest BCUT2D eigenvalue weighted by atomic mass is 10.1. The second kappa shape index (κ2) is 4.70. The molecule has 0 radical (unpaired) electrons. The fraction of sp³-hybridized carbons (Fsp3) is 0.375. The number of fused-ring (bicyclic) bond motifs is 2. The van der Waals surface area contributed by atoms with Crippen molar-refractivity contribution in [2.45, 2.75) is 33.1 Å². The van der Waals surface area contributed by atoms with Crippen molar-refractivity contribution in [3.63, 3.8) is 0 Å². The Labute approximate surface area is 123 Å². The molecule has 2 aliphatic rings. The highest BCUT2D eigenvalue weighted by atomic mass is 16.2. The maximum atomic E-state index is 12.8. The molecule has 0 unspecified atom stereocenters. The third-order valence-corrected chi connectivity index (χ3v) is 4.48. The molecular weight excluding hydrogens is 264 g/mol. The number of rotatable bonds is 1. The van der Waals surface area contributed by atoms with Gasteiger partial charge < -0.3 is 10.2 Å². The maximum absolute atomic E-state index is 12.8. The van der Waals surface area contributed by atoms with E-state index in [-0.39, 0.29) is 5.91 Å². The number of nitrogens with zero attached hydrogens (tertiary/aromatic N) is 3. The fourth-order valence-electron chi connectivity index (χ4n) is 3.26. The van der Waals surface area contributed by atoms with E-state index >= 15 is 0 Å². The van der Waals surface area contributed by atoms with Gasteiger partial charge in [-0.2, -0.15) is 5.10 Å². The molecule has 4 rings (SSSR count). The van der Waals surface area contributed by atoms with Crippen molar-refractivity contribution in [1.82, 2.24) is 20.0 Å². The molecule has 5 heteroatoms. The molecule has 1 amide bonds. The Kier molecular flexibility index (Phi) is 2.82. The maximum Gasteiger partial charge on any atom is 0.257 e. The average Bonchev–Trinajstić information content (AvgIpc) is 3.11. The molecule has 1 aromatic carbocycles. The van der Waals surface area contributed by atoms with Crippen LogP contribution in [0.25, 0.3) is 0 Å². The first-order chi connectivity index (χ1) is 10.2. The van der Waals surface area contributed by atoms with Gasteiger partial charge in [0.15, 0.2) is 0 Å². The van der Waals surface area contributed by atoms with Crippen molar-refractivity contribution in [2.75, 3.05) is 6.54 Å². The SMILES string of the molecule is Cc1cccc2c1CN(C(=O)c1cnn3c1CNCC3)C2. The molecule has 2 aliphatic heterocycles. The van der Waals surface area contributed by atoms with Crippen LogP contribution in [0.3, 0.4) is 0 Å². The van der Waals surface area contributed by atoms with E-state index in [9.17, 15) is 4.79 Å². The van der Waals surface area contributed by atoms with Crippen molar-refractivity contribution in [3.8, 4) is 0 Å². The van der Waals surface area contributed by atoms with E-state index in [4.69, 9.17) is 0 Å². The minimum absolute atomic E-state index is 0.0931. The number of hydrogen-bond donors (Lipinski definition) is 1. The van der Waals surface area contributed by atoms with Gasteiger partial charge in [-0.15, -0.1) is 0 Å². The second-order valence-electron chi connectivity index (χ2n) is 5.78. The number of carbonyl (C=O) groups excluding carboxylic acids is 1. The number of benzene rings is 1. The van der Waals surface area contributed by atoms with Gasteiger partial charge in [0.25, 0.3) is 5.91 Å². The summed E-state index contributed by atoms with van der Waals surface area (Å²) in [4.78, 5) is 14.7. The first-order valence-corrected chi connectivity index (χ1v) is 7.36. The molecule has 108 valence electrons. The minimum atomic E-state index is 0.0931. The molecule has 0 aliphatic carbocycles. The fourth-order valence-corrected chi connectivity index (χ4v) is 3.26. The quantitative estimate of drug-likeness (QED) is 0.861. The van der Waals surface area contributed by atoms with E-state index in [1.54, 1.807) is 6.20 Å². The lowest BCUT2D eigenvalue weighted by molar-refractivity contribution is 0.0749. The summed E-state index contributed by atoms with van der Waals surface area (Å²) in [5.41, 5.74) is 5.58. The van der Waals surface area contributed by atoms with Crippen molar-refractivity contribution in [3.05, 3.63) is 52.3 Å². The molecule has 2 aromatic rings. The van der Waals surface area contributed by atoms with Crippen molar-refractivity contribution < 1.29 is 4.79 Å². The third-order valence-electron chi connectivity index (χ3n) is 4.48. The standard InChI is InChI=1S/C16H18N4O/c1-11-3-2-4-12-9-19(10-14(11)12)16(21)13-7-18-20-6-5-17-8-15(13)20/h2-4,7,17H,5-6,8-10H2,1H3. The second-order valence-corrected chi connectivity index (χ2v) is 5.78. The lowest BCUT2D eigenvalue weighted by Gasteiger charge is -2.19. The molecule has 0 spiro atoms. The summed E-state index contributed by atoms with van der Waals surface area (Å²) < 4.78 is 1.94. The zero-order valence-electron chi connectivity index (χ0n) is 12.1. The van der Waals surface area contributed by atoms with Gasteiger partial charge in [-0.3, -0.25) is 9.48 Å². The Hall–Kier alpha value is -2.14. The van der Waals surface area contributed by atoms with Crippen LogP contribution >= 0.6 is 0 Å². The Bertz CT molecular complexity index is 719. The van der Waals surface area contributed by atoms with E-state index in [0.717, 1.165) is 30.9 Å². The van der Waals surface area contributed by atoms with Gasteiger partial charge in [0, 0.05) is 26.2 Å². The van der Waals surface area contributed by atoms with E-state index in [1.165, 1.54) is 16.7 Å². The van der Waals surface area contributed by atoms with Crippen LogP contribution < -0.4 is 5.32 Å². The monoisotopic (exact) mass is 282 g/mol. The summed E-state index contributed by atoms with van der Waals surface area (Å²) in [6.07, 6.45) is 1.72. The minimum Gasteiger partial charge on any atom is -0.330 e. The molecule has 0 bridgehead atoms. The van der Waals surface area contributed by atoms with Gasteiger partial charge in [0.1, 0.15) is 0 Å². The number of amides is 1. The highest BCUT2D eigenvalue weighted by Gasteiger charge is 2.28. The highest BCUT2D eigenvalue weighted by Crippen LogP contribution is 2.27. The van der Waals surface area contributed by atoms with Crippen LogP contribution in [0, 0.1) is 6.92 Å². The summed E-state index contributed by atoms with van der Waals surface area (Å²) in [6.45, 7) is 5.99. The average molecular weight is 282 g/mol. The van der Waals surface area contributed by atoms with E-state index in [2.05, 4.69) is 35.5 Å². The third kappa shape index (κ3) is 1.96. The number of aryl methyl sites for hydroxylation is 1. The summed E-state index contributed by atoms with van der Waals surface area (Å²) in [7, 11) is 0. The topological polar surface area (TPSA) is 50.2 Å². The molecule has 5 nitrogen and oxygen atoms in total. The highest BCUT2D eigenvalue weighted by molar-refractivity contribution is 5.95. The van der Waals surface area contributed by atoms with Crippen molar-refractivity contribution in [2.24, 2.45) is 0 Å². The Morgan fingerprint density at radius 1 is 1.33 bits per heavy atom. The van der Waals surface area contributed by atoms with Crippen LogP contribution in [-0.2, 0) is 26.2 Å². The lowest BCUT2D eigenvalue weighted by Crippen LogP contribution is -2.31. The summed E-state index contributed by atoms with van der Waals surface area (Å²) >= 11 is 0.